The van der Waals surface area contributed by atoms with E-state index in [9.17, 15) is 0 Å². The minimum atomic E-state index is -5.14. The molecule has 0 aromatic rings. The topological polar surface area (TPSA) is 194 Å². The van der Waals surface area contributed by atoms with Crippen LogP contribution in [0.1, 0.15) is 1.37 Å². The van der Waals surface area contributed by atoms with Crippen molar-refractivity contribution in [3.05, 3.63) is 0 Å². The summed E-state index contributed by atoms with van der Waals surface area (Å²) in [7, 11) is -5.14. The largest absolute Gasteiger partial charge is 1.00 e. The van der Waals surface area contributed by atoms with Gasteiger partial charge >= 0.3 is 103 Å². The second-order valence-electron chi connectivity index (χ2n) is 3.07. The molecule has 1 saturated heterocycles. The number of hydrogen-bond donors (Lipinski definition) is 6. The summed E-state index contributed by atoms with van der Waals surface area (Å²) in [6.07, 6.45) is -9.14. The van der Waals surface area contributed by atoms with Gasteiger partial charge in [0.2, 0.25) is 0 Å². The Morgan fingerprint density at radius 1 is 1.11 bits per heavy atom. The van der Waals surface area contributed by atoms with Crippen molar-refractivity contribution in [3.63, 3.8) is 0 Å². The molecular formula is C6H13K2O10P. The van der Waals surface area contributed by atoms with Crippen LogP contribution in [0.5, 0.6) is 0 Å². The molecule has 1 aliphatic rings. The molecule has 1 fully saturated rings. The Hall–Kier alpha value is 3.14. The van der Waals surface area contributed by atoms with Gasteiger partial charge in [0.1, 0.15) is 24.4 Å². The van der Waals surface area contributed by atoms with Crippen LogP contribution in [-0.2, 0) is 9.30 Å². The van der Waals surface area contributed by atoms with Crippen LogP contribution >= 0.6 is 7.82 Å². The summed E-state index contributed by atoms with van der Waals surface area (Å²) < 4.78 is 20.1. The minimum absolute atomic E-state index is 0. The van der Waals surface area contributed by atoms with Crippen molar-refractivity contribution < 1.29 is 154 Å². The van der Waals surface area contributed by atoms with Crippen LogP contribution in [-0.4, -0.2) is 67.7 Å². The van der Waals surface area contributed by atoms with E-state index < -0.39 is 45.1 Å². The van der Waals surface area contributed by atoms with Crippen molar-refractivity contribution in [2.24, 2.45) is 0 Å². The van der Waals surface area contributed by atoms with E-state index in [2.05, 4.69) is 4.74 Å². The Bertz CT molecular complexity index is 304. The van der Waals surface area contributed by atoms with Crippen LogP contribution < -0.4 is 113 Å². The zero-order valence-corrected chi connectivity index (χ0v) is 17.4. The molecule has 0 radical (unpaired) electrons. The van der Waals surface area contributed by atoms with Crippen LogP contribution in [0.4, 0.5) is 0 Å². The van der Waals surface area contributed by atoms with E-state index in [1.807, 2.05) is 0 Å². The van der Waals surface area contributed by atoms with Crippen molar-refractivity contribution in [2.75, 3.05) is 6.61 Å². The fourth-order valence-electron chi connectivity index (χ4n) is 0.993. The normalized spacial score (nSPS) is 38.8. The Labute approximate surface area is 195 Å². The number of phosphoric acid groups is 1. The molecule has 0 aromatic carbocycles. The summed E-state index contributed by atoms with van der Waals surface area (Å²) >= 11 is 0. The molecule has 0 amide bonds. The van der Waals surface area contributed by atoms with E-state index >= 15 is 0 Å². The maximum absolute atomic E-state index is 9.15. The van der Waals surface area contributed by atoms with Gasteiger partial charge in [-0.1, -0.05) is 0 Å². The standard InChI is InChI=1S/C6H12O6.2K.H3O4P/c7-1-2-3(8)4(9)5(10)6(11)12-2;;;1-5(2,3)4/h2-11H,1H2;;;(H3,1,2,3,4)/q;2*+1;/p-2/t2-,3-,4+,5+,6+;;;/m1.../s1/i6D;;;. The molecule has 0 unspecified atom stereocenters. The van der Waals surface area contributed by atoms with E-state index in [0.717, 1.165) is 0 Å². The molecule has 0 saturated carbocycles. The summed E-state index contributed by atoms with van der Waals surface area (Å²) in [6.45, 7) is -0.661. The van der Waals surface area contributed by atoms with Gasteiger partial charge in [0.25, 0.3) is 0 Å². The molecule has 0 bridgehead atoms. The Kier molecular flexibility index (Phi) is 16.1. The predicted molar refractivity (Wildman–Crippen MR) is 45.8 cm³/mol. The van der Waals surface area contributed by atoms with Crippen molar-refractivity contribution in [3.8, 4) is 0 Å². The molecule has 1 aliphatic heterocycles. The Balaban J connectivity index is -0.000000361. The first kappa shape index (κ1) is 24.4. The molecule has 19 heavy (non-hydrogen) atoms. The molecule has 10 nitrogen and oxygen atoms in total. The number of rotatable bonds is 1. The second-order valence-corrected chi connectivity index (χ2v) is 4.01. The van der Waals surface area contributed by atoms with Gasteiger partial charge in [-0.25, -0.2) is 0 Å². The van der Waals surface area contributed by atoms with Crippen molar-refractivity contribution >= 4 is 7.82 Å². The van der Waals surface area contributed by atoms with Gasteiger partial charge in [-0.2, -0.15) is 0 Å². The smallest absolute Gasteiger partial charge is 0.790 e. The van der Waals surface area contributed by atoms with Crippen molar-refractivity contribution in [1.29, 1.82) is 0 Å². The van der Waals surface area contributed by atoms with Gasteiger partial charge in [0.05, 0.1) is 15.8 Å². The van der Waals surface area contributed by atoms with Crippen molar-refractivity contribution in [1.82, 2.24) is 0 Å². The van der Waals surface area contributed by atoms with Crippen LogP contribution in [0.3, 0.4) is 0 Å². The molecule has 104 valence electrons. The quantitative estimate of drug-likeness (QED) is 0.194. The van der Waals surface area contributed by atoms with Gasteiger partial charge in [-0.15, -0.1) is 0 Å². The van der Waals surface area contributed by atoms with E-state index in [4.69, 9.17) is 46.1 Å². The average Bonchev–Trinajstić information content (AvgIpc) is 2.18. The summed E-state index contributed by atoms with van der Waals surface area (Å²) in [5.74, 6) is 0. The second kappa shape index (κ2) is 12.6. The molecule has 1 rings (SSSR count). The number of aliphatic hydroxyl groups excluding tert-OH is 4. The summed E-state index contributed by atoms with van der Waals surface area (Å²) in [5, 5.41) is 45.0. The first-order valence-electron chi connectivity index (χ1n) is 4.70. The SMILES string of the molecule is O=P([O-])([O-])O.[2H][C@]1(O)O[C@H](CO)[C@@H](O)[C@H](O)[C@@H]1O.[K+].[K+]. The first-order valence-corrected chi connectivity index (χ1v) is 5.69. The Morgan fingerprint density at radius 2 is 1.47 bits per heavy atom. The maximum atomic E-state index is 9.15. The summed E-state index contributed by atoms with van der Waals surface area (Å²) in [5.41, 5.74) is 0. The minimum Gasteiger partial charge on any atom is -0.790 e. The molecule has 0 spiro atoms. The van der Waals surface area contributed by atoms with Gasteiger partial charge in [0, 0.05) is 0 Å². The van der Waals surface area contributed by atoms with Crippen LogP contribution in [0.2, 0.25) is 0 Å². The molecule has 13 heteroatoms. The van der Waals surface area contributed by atoms with E-state index in [1.54, 1.807) is 0 Å². The third kappa shape index (κ3) is 12.3. The van der Waals surface area contributed by atoms with Gasteiger partial charge in [-0.05, 0) is 0 Å². The fourth-order valence-corrected chi connectivity index (χ4v) is 0.993. The van der Waals surface area contributed by atoms with Crippen LogP contribution in [0.25, 0.3) is 0 Å². The zero-order chi connectivity index (χ0) is 14.7. The molecule has 0 aromatic heterocycles. The zero-order valence-electron chi connectivity index (χ0n) is 11.3. The molecule has 1 heterocycles. The van der Waals surface area contributed by atoms with Gasteiger partial charge in [0.15, 0.2) is 6.27 Å². The summed E-state index contributed by atoms with van der Waals surface area (Å²) in [4.78, 5) is 24.3. The van der Waals surface area contributed by atoms with Gasteiger partial charge < -0.3 is 49.5 Å². The molecular weight excluding hydrogens is 341 g/mol. The predicted octanol–water partition coefficient (Wildman–Crippen LogP) is -11.4. The maximum Gasteiger partial charge on any atom is 1.00 e. The van der Waals surface area contributed by atoms with Crippen LogP contribution in [0.15, 0.2) is 0 Å². The summed E-state index contributed by atoms with van der Waals surface area (Å²) in [6, 6.07) is 0. The van der Waals surface area contributed by atoms with E-state index in [-0.39, 0.29) is 103 Å². The molecule has 0 aliphatic carbocycles. The molecule has 6 N–H and O–H groups in total. The first-order chi connectivity index (χ1) is 7.90. The Morgan fingerprint density at radius 3 is 1.79 bits per heavy atom. The fraction of sp³-hybridized carbons (Fsp3) is 1.00. The molecule has 5 atom stereocenters. The monoisotopic (exact) mass is 355 g/mol. The van der Waals surface area contributed by atoms with Crippen LogP contribution in [0, 0.1) is 0 Å². The third-order valence-corrected chi connectivity index (χ3v) is 1.76. The van der Waals surface area contributed by atoms with Crippen molar-refractivity contribution in [2.45, 2.75) is 30.7 Å². The average molecular weight is 355 g/mol. The number of aliphatic hydroxyl groups is 5. The number of ether oxygens (including phenoxy) is 1. The van der Waals surface area contributed by atoms with E-state index in [1.165, 1.54) is 0 Å². The van der Waals surface area contributed by atoms with E-state index in [0.29, 0.717) is 0 Å². The van der Waals surface area contributed by atoms with Gasteiger partial charge in [-0.3, -0.25) is 0 Å². The third-order valence-electron chi connectivity index (χ3n) is 1.76. The number of hydrogen-bond acceptors (Lipinski definition) is 9.